The van der Waals surface area contributed by atoms with Gasteiger partial charge in [-0.25, -0.2) is 4.39 Å². The molecular weight excluding hydrogens is 353 g/mol. The van der Waals surface area contributed by atoms with Crippen molar-refractivity contribution in [3.8, 4) is 0 Å². The van der Waals surface area contributed by atoms with Gasteiger partial charge in [-0.15, -0.1) is 0 Å². The number of amides is 1. The zero-order chi connectivity index (χ0) is 18.5. The lowest BCUT2D eigenvalue weighted by atomic mass is 10.2. The number of carbonyl (C=O) groups is 1. The Bertz CT molecular complexity index is 946. The average Bonchev–Trinajstić information content (AvgIpc) is 2.64. The van der Waals surface area contributed by atoms with Crippen molar-refractivity contribution >= 4 is 28.9 Å². The Morgan fingerprint density at radius 2 is 1.96 bits per heavy atom. The first kappa shape index (κ1) is 17.9. The molecule has 0 saturated carbocycles. The summed E-state index contributed by atoms with van der Waals surface area (Å²) in [5, 5.41) is 6.52. The highest BCUT2D eigenvalue weighted by Gasteiger charge is 2.10. The van der Waals surface area contributed by atoms with E-state index in [0.717, 1.165) is 11.3 Å². The smallest absolute Gasteiger partial charge is 0.270 e. The SMILES string of the molecule is Cc1ccc(Cl)cc1Nc1ccnc(C(=O)NCc2ccccc2F)c1. The molecule has 0 unspecified atom stereocenters. The predicted octanol–water partition coefficient (Wildman–Crippen LogP) is 4.86. The quantitative estimate of drug-likeness (QED) is 0.675. The van der Waals surface area contributed by atoms with E-state index in [-0.39, 0.29) is 24.0 Å². The van der Waals surface area contributed by atoms with Gasteiger partial charge in [-0.2, -0.15) is 0 Å². The molecule has 4 nitrogen and oxygen atoms in total. The third kappa shape index (κ3) is 4.37. The molecule has 0 saturated heterocycles. The summed E-state index contributed by atoms with van der Waals surface area (Å²) in [5.41, 5.74) is 3.25. The zero-order valence-electron chi connectivity index (χ0n) is 14.1. The van der Waals surface area contributed by atoms with Gasteiger partial charge in [0.25, 0.3) is 5.91 Å². The maximum absolute atomic E-state index is 13.6. The lowest BCUT2D eigenvalue weighted by molar-refractivity contribution is 0.0945. The van der Waals surface area contributed by atoms with Crippen molar-refractivity contribution < 1.29 is 9.18 Å². The third-order valence-corrected chi connectivity index (χ3v) is 4.10. The fourth-order valence-electron chi connectivity index (χ4n) is 2.42. The number of nitrogens with one attached hydrogen (secondary N) is 2. The second kappa shape index (κ2) is 7.97. The molecule has 0 aliphatic carbocycles. The molecule has 0 atom stereocenters. The second-order valence-electron chi connectivity index (χ2n) is 5.79. The standard InChI is InChI=1S/C20H17ClFN3O/c1-13-6-7-15(21)10-18(13)25-16-8-9-23-19(11-16)20(26)24-12-14-4-2-3-5-17(14)22/h2-11H,12H2,1H3,(H,23,25)(H,24,26). The lowest BCUT2D eigenvalue weighted by Gasteiger charge is -2.11. The lowest BCUT2D eigenvalue weighted by Crippen LogP contribution is -2.24. The molecule has 26 heavy (non-hydrogen) atoms. The Labute approximate surface area is 156 Å². The minimum Gasteiger partial charge on any atom is -0.355 e. The molecule has 0 radical (unpaired) electrons. The van der Waals surface area contributed by atoms with Gasteiger partial charge in [0.05, 0.1) is 0 Å². The monoisotopic (exact) mass is 369 g/mol. The average molecular weight is 370 g/mol. The van der Waals surface area contributed by atoms with Crippen molar-refractivity contribution in [3.63, 3.8) is 0 Å². The number of aryl methyl sites for hydroxylation is 1. The van der Waals surface area contributed by atoms with E-state index in [9.17, 15) is 9.18 Å². The summed E-state index contributed by atoms with van der Waals surface area (Å²) in [4.78, 5) is 16.4. The molecule has 0 bridgehead atoms. The van der Waals surface area contributed by atoms with E-state index in [1.165, 1.54) is 6.07 Å². The van der Waals surface area contributed by atoms with Crippen molar-refractivity contribution in [3.05, 3.63) is 88.5 Å². The maximum Gasteiger partial charge on any atom is 0.270 e. The summed E-state index contributed by atoms with van der Waals surface area (Å²) in [7, 11) is 0. The van der Waals surface area contributed by atoms with Gasteiger partial charge in [-0.3, -0.25) is 9.78 Å². The number of anilines is 2. The van der Waals surface area contributed by atoms with E-state index < -0.39 is 0 Å². The highest BCUT2D eigenvalue weighted by Crippen LogP contribution is 2.24. The topological polar surface area (TPSA) is 54.0 Å². The molecule has 1 heterocycles. The number of rotatable bonds is 5. The second-order valence-corrected chi connectivity index (χ2v) is 6.22. The van der Waals surface area contributed by atoms with Crippen molar-refractivity contribution in [2.75, 3.05) is 5.32 Å². The number of benzene rings is 2. The van der Waals surface area contributed by atoms with E-state index in [2.05, 4.69) is 15.6 Å². The van der Waals surface area contributed by atoms with Crippen LogP contribution in [0.4, 0.5) is 15.8 Å². The zero-order valence-corrected chi connectivity index (χ0v) is 14.8. The Kier molecular flexibility index (Phi) is 5.49. The number of nitrogens with zero attached hydrogens (tertiary/aromatic N) is 1. The van der Waals surface area contributed by atoms with Crippen LogP contribution in [-0.2, 0) is 6.54 Å². The van der Waals surface area contributed by atoms with Crippen molar-refractivity contribution in [1.82, 2.24) is 10.3 Å². The van der Waals surface area contributed by atoms with Gasteiger partial charge in [0.15, 0.2) is 0 Å². The molecule has 3 aromatic rings. The number of hydrogen-bond donors (Lipinski definition) is 2. The van der Waals surface area contributed by atoms with Crippen LogP contribution in [0.15, 0.2) is 60.8 Å². The number of halogens is 2. The predicted molar refractivity (Wildman–Crippen MR) is 101 cm³/mol. The molecule has 0 spiro atoms. The molecule has 0 fully saturated rings. The van der Waals surface area contributed by atoms with Crippen LogP contribution in [0.2, 0.25) is 5.02 Å². The summed E-state index contributed by atoms with van der Waals surface area (Å²) >= 11 is 6.03. The van der Waals surface area contributed by atoms with E-state index in [0.29, 0.717) is 16.3 Å². The van der Waals surface area contributed by atoms with E-state index >= 15 is 0 Å². The van der Waals surface area contributed by atoms with E-state index in [4.69, 9.17) is 11.6 Å². The highest BCUT2D eigenvalue weighted by atomic mass is 35.5. The van der Waals surface area contributed by atoms with Gasteiger partial charge in [0.1, 0.15) is 11.5 Å². The van der Waals surface area contributed by atoms with Gasteiger partial charge in [0.2, 0.25) is 0 Å². The van der Waals surface area contributed by atoms with Crippen LogP contribution in [0, 0.1) is 12.7 Å². The molecular formula is C20H17ClFN3O. The van der Waals surface area contributed by atoms with Crippen molar-refractivity contribution in [1.29, 1.82) is 0 Å². The summed E-state index contributed by atoms with van der Waals surface area (Å²) < 4.78 is 13.6. The first-order chi connectivity index (χ1) is 12.5. The molecule has 0 aliphatic rings. The first-order valence-corrected chi connectivity index (χ1v) is 8.41. The minimum atomic E-state index is -0.375. The van der Waals surface area contributed by atoms with Crippen LogP contribution in [0.1, 0.15) is 21.6 Å². The van der Waals surface area contributed by atoms with Crippen LogP contribution in [0.3, 0.4) is 0 Å². The molecule has 1 aromatic heterocycles. The van der Waals surface area contributed by atoms with Crippen LogP contribution in [0.25, 0.3) is 0 Å². The molecule has 2 aromatic carbocycles. The maximum atomic E-state index is 13.6. The molecule has 0 aliphatic heterocycles. The van der Waals surface area contributed by atoms with Gasteiger partial charge in [-0.05, 0) is 42.8 Å². The van der Waals surface area contributed by atoms with Crippen LogP contribution < -0.4 is 10.6 Å². The molecule has 132 valence electrons. The van der Waals surface area contributed by atoms with Gasteiger partial charge in [-0.1, -0.05) is 35.9 Å². The van der Waals surface area contributed by atoms with Crippen molar-refractivity contribution in [2.24, 2.45) is 0 Å². The Balaban J connectivity index is 1.71. The van der Waals surface area contributed by atoms with Crippen molar-refractivity contribution in [2.45, 2.75) is 13.5 Å². The summed E-state index contributed by atoms with van der Waals surface area (Å²) in [6, 6.07) is 15.3. The van der Waals surface area contributed by atoms with Gasteiger partial charge in [0, 0.05) is 34.7 Å². The largest absolute Gasteiger partial charge is 0.355 e. The molecule has 3 rings (SSSR count). The number of pyridine rings is 1. The summed E-state index contributed by atoms with van der Waals surface area (Å²) in [6.45, 7) is 2.06. The van der Waals surface area contributed by atoms with Crippen LogP contribution >= 0.6 is 11.6 Å². The van der Waals surface area contributed by atoms with E-state index in [1.54, 1.807) is 36.5 Å². The number of carbonyl (C=O) groups excluding carboxylic acids is 1. The van der Waals surface area contributed by atoms with Gasteiger partial charge >= 0.3 is 0 Å². The minimum absolute atomic E-state index is 0.0955. The molecule has 2 N–H and O–H groups in total. The number of aromatic nitrogens is 1. The first-order valence-electron chi connectivity index (χ1n) is 8.04. The van der Waals surface area contributed by atoms with Crippen LogP contribution in [-0.4, -0.2) is 10.9 Å². The van der Waals surface area contributed by atoms with E-state index in [1.807, 2.05) is 25.1 Å². The molecule has 1 amide bonds. The summed E-state index contributed by atoms with van der Waals surface area (Å²) in [5.74, 6) is -0.729. The fraction of sp³-hybridized carbons (Fsp3) is 0.100. The third-order valence-electron chi connectivity index (χ3n) is 3.87. The highest BCUT2D eigenvalue weighted by molar-refractivity contribution is 6.30. The normalized spacial score (nSPS) is 10.4. The van der Waals surface area contributed by atoms with Gasteiger partial charge < -0.3 is 10.6 Å². The van der Waals surface area contributed by atoms with Crippen LogP contribution in [0.5, 0.6) is 0 Å². The Morgan fingerprint density at radius 3 is 2.77 bits per heavy atom. The Morgan fingerprint density at radius 1 is 1.15 bits per heavy atom. The summed E-state index contributed by atoms with van der Waals surface area (Å²) in [6.07, 6.45) is 1.54. The number of hydrogen-bond acceptors (Lipinski definition) is 3. The fourth-order valence-corrected chi connectivity index (χ4v) is 2.60. The Hall–Kier alpha value is -2.92. The molecule has 6 heteroatoms.